The maximum absolute atomic E-state index is 13.5. The van der Waals surface area contributed by atoms with Gasteiger partial charge in [-0.15, -0.1) is 0 Å². The fourth-order valence-electron chi connectivity index (χ4n) is 7.35. The first-order valence-electron chi connectivity index (χ1n) is 16.3. The number of hydrogen-bond donors (Lipinski definition) is 1. The monoisotopic (exact) mass is 713 g/mol. The van der Waals surface area contributed by atoms with Crippen LogP contribution in [0.4, 0.5) is 0 Å². The molecule has 6 rings (SSSR count). The van der Waals surface area contributed by atoms with E-state index in [1.165, 1.54) is 12.8 Å². The molecule has 2 aliphatic rings. The molecule has 2 bridgehead atoms. The van der Waals surface area contributed by atoms with Crippen LogP contribution in [-0.4, -0.2) is 45.9 Å². The third kappa shape index (κ3) is 7.79. The molecule has 6 nitrogen and oxygen atoms in total. The molecule has 47 heavy (non-hydrogen) atoms. The van der Waals surface area contributed by atoms with Gasteiger partial charge < -0.3 is 14.6 Å². The number of aryl methyl sites for hydroxylation is 1. The van der Waals surface area contributed by atoms with E-state index < -0.39 is 0 Å². The lowest BCUT2D eigenvalue weighted by Crippen LogP contribution is -2.43. The number of rotatable bonds is 12. The van der Waals surface area contributed by atoms with Gasteiger partial charge in [-0.3, -0.25) is 14.5 Å². The molecule has 3 heterocycles. The minimum atomic E-state index is -0.156. The Kier molecular flexibility index (Phi) is 10.7. The van der Waals surface area contributed by atoms with Gasteiger partial charge >= 0.3 is 0 Å². The highest BCUT2D eigenvalue weighted by Gasteiger charge is 2.40. The highest BCUT2D eigenvalue weighted by atomic mass is 35.5. The molecule has 3 aromatic carbocycles. The quantitative estimate of drug-likeness (QED) is 0.148. The normalized spacial score (nSPS) is 19.4. The second kappa shape index (κ2) is 14.8. The van der Waals surface area contributed by atoms with Gasteiger partial charge in [0.1, 0.15) is 5.75 Å². The highest BCUT2D eigenvalue weighted by Crippen LogP contribution is 2.41. The van der Waals surface area contributed by atoms with Crippen LogP contribution in [0.5, 0.6) is 5.75 Å². The Balaban J connectivity index is 1.12. The van der Waals surface area contributed by atoms with Gasteiger partial charge in [-0.2, -0.15) is 0 Å². The van der Waals surface area contributed by atoms with Gasteiger partial charge in [0, 0.05) is 55.3 Å². The zero-order valence-corrected chi connectivity index (χ0v) is 29.6. The molecule has 0 spiro atoms. The number of carbonyl (C=O) groups is 2. The van der Waals surface area contributed by atoms with Crippen molar-refractivity contribution in [3.8, 4) is 5.75 Å². The van der Waals surface area contributed by atoms with Gasteiger partial charge in [-0.25, -0.2) is 0 Å². The molecule has 1 amide bonds. The Labute approximate surface area is 296 Å². The van der Waals surface area contributed by atoms with Crippen LogP contribution in [0.1, 0.15) is 78.7 Å². The van der Waals surface area contributed by atoms with E-state index in [2.05, 4.69) is 14.8 Å². The van der Waals surface area contributed by atoms with Gasteiger partial charge in [0.15, 0.2) is 5.78 Å². The predicted octanol–water partition coefficient (Wildman–Crippen LogP) is 9.88. The van der Waals surface area contributed by atoms with Crippen LogP contribution in [-0.2, 0) is 13.1 Å². The van der Waals surface area contributed by atoms with Crippen molar-refractivity contribution in [3.05, 3.63) is 97.6 Å². The molecular formula is C37H39Cl4N3O3. The summed E-state index contributed by atoms with van der Waals surface area (Å²) in [6, 6.07) is 17.4. The molecular weight excluding hydrogens is 676 g/mol. The number of piperidine rings is 1. The molecule has 10 heteroatoms. The fraction of sp³-hybridized carbons (Fsp3) is 0.405. The summed E-state index contributed by atoms with van der Waals surface area (Å²) < 4.78 is 8.38. The van der Waals surface area contributed by atoms with Gasteiger partial charge in [-0.05, 0) is 93.8 Å². The van der Waals surface area contributed by atoms with Crippen molar-refractivity contribution in [1.29, 1.82) is 0 Å². The summed E-state index contributed by atoms with van der Waals surface area (Å²) in [7, 11) is 0. The van der Waals surface area contributed by atoms with E-state index in [1.807, 2.05) is 44.3 Å². The highest BCUT2D eigenvalue weighted by molar-refractivity contribution is 6.42. The smallest absolute Gasteiger partial charge is 0.253 e. The molecule has 0 radical (unpaired) electrons. The van der Waals surface area contributed by atoms with Crippen molar-refractivity contribution in [1.82, 2.24) is 14.8 Å². The first-order valence-corrected chi connectivity index (χ1v) is 17.8. The number of hydrogen-bond acceptors (Lipinski definition) is 4. The lowest BCUT2D eigenvalue weighted by Gasteiger charge is -2.39. The number of fused-ring (bicyclic) bond motifs is 3. The van der Waals surface area contributed by atoms with E-state index in [9.17, 15) is 9.59 Å². The second-order valence-corrected chi connectivity index (χ2v) is 14.7. The Morgan fingerprint density at radius 2 is 1.60 bits per heavy atom. The van der Waals surface area contributed by atoms with E-state index in [1.54, 1.807) is 30.3 Å². The van der Waals surface area contributed by atoms with Gasteiger partial charge in [0.25, 0.3) is 5.91 Å². The van der Waals surface area contributed by atoms with Crippen molar-refractivity contribution >= 4 is 69.0 Å². The number of aromatic nitrogens is 1. The fourth-order valence-corrected chi connectivity index (χ4v) is 7.97. The summed E-state index contributed by atoms with van der Waals surface area (Å²) in [5.41, 5.74) is 3.05. The number of carbonyl (C=O) groups excluding carboxylic acids is 2. The van der Waals surface area contributed by atoms with Crippen molar-refractivity contribution in [2.24, 2.45) is 5.92 Å². The third-order valence-corrected chi connectivity index (χ3v) is 10.9. The number of para-hydroxylation sites is 1. The van der Waals surface area contributed by atoms with E-state index >= 15 is 0 Å². The molecule has 2 aliphatic heterocycles. The molecule has 4 aromatic rings. The molecule has 0 saturated carbocycles. The lowest BCUT2D eigenvalue weighted by atomic mass is 9.85. The molecule has 1 aromatic heterocycles. The Bertz CT molecular complexity index is 1770. The minimum Gasteiger partial charge on any atom is -0.489 e. The van der Waals surface area contributed by atoms with Crippen LogP contribution < -0.4 is 10.1 Å². The van der Waals surface area contributed by atoms with Crippen LogP contribution in [0.3, 0.4) is 0 Å². The minimum absolute atomic E-state index is 0.00337. The average molecular weight is 716 g/mol. The summed E-state index contributed by atoms with van der Waals surface area (Å²) in [4.78, 5) is 29.2. The van der Waals surface area contributed by atoms with Crippen LogP contribution in [0.25, 0.3) is 10.9 Å². The molecule has 3 atom stereocenters. The maximum Gasteiger partial charge on any atom is 0.253 e. The summed E-state index contributed by atoms with van der Waals surface area (Å²) in [5.74, 6) is 1.13. The number of benzene rings is 3. The van der Waals surface area contributed by atoms with Gasteiger partial charge in [0.2, 0.25) is 0 Å². The second-order valence-electron chi connectivity index (χ2n) is 13.1. The number of ether oxygens (including phenoxy) is 1. The SMILES string of the molecule is CC(C)Oc1cccc2c(C(=O)NCc3ccc(Cl)c(Cl)c3)cn(CCCN3[C@@H]4CC[C@H]3C[C@@H](CC(=O)c3ccc(Cl)c(Cl)c3)C4)c12. The third-order valence-electron chi connectivity index (χ3n) is 9.42. The Morgan fingerprint density at radius 1 is 0.894 bits per heavy atom. The molecule has 0 unspecified atom stereocenters. The van der Waals surface area contributed by atoms with Crippen molar-refractivity contribution < 1.29 is 14.3 Å². The van der Waals surface area contributed by atoms with Gasteiger partial charge in [0.05, 0.1) is 37.3 Å². The number of halogens is 4. The molecule has 2 fully saturated rings. The van der Waals surface area contributed by atoms with Crippen molar-refractivity contribution in [2.75, 3.05) is 6.54 Å². The zero-order chi connectivity index (χ0) is 33.2. The maximum atomic E-state index is 13.5. The Hall–Kier alpha value is -2.74. The first kappa shape index (κ1) is 34.1. The number of ketones is 1. The number of nitrogens with zero attached hydrogens (tertiary/aromatic N) is 2. The summed E-state index contributed by atoms with van der Waals surface area (Å²) in [6.07, 6.45) is 7.84. The predicted molar refractivity (Wildman–Crippen MR) is 192 cm³/mol. The van der Waals surface area contributed by atoms with Crippen molar-refractivity contribution in [2.45, 2.75) is 83.6 Å². The van der Waals surface area contributed by atoms with Gasteiger partial charge in [-0.1, -0.05) is 64.6 Å². The van der Waals surface area contributed by atoms with E-state index in [4.69, 9.17) is 51.1 Å². The van der Waals surface area contributed by atoms with Crippen LogP contribution in [0, 0.1) is 5.92 Å². The summed E-state index contributed by atoms with van der Waals surface area (Å²) in [6.45, 7) is 6.07. The molecule has 1 N–H and O–H groups in total. The van der Waals surface area contributed by atoms with E-state index in [0.29, 0.717) is 62.2 Å². The van der Waals surface area contributed by atoms with Crippen molar-refractivity contribution in [3.63, 3.8) is 0 Å². The first-order chi connectivity index (χ1) is 22.6. The average Bonchev–Trinajstić information content (AvgIpc) is 3.52. The Morgan fingerprint density at radius 3 is 2.28 bits per heavy atom. The number of nitrogens with one attached hydrogen (secondary N) is 1. The van der Waals surface area contributed by atoms with Crippen LogP contribution in [0.2, 0.25) is 20.1 Å². The van der Waals surface area contributed by atoms with Crippen LogP contribution >= 0.6 is 46.4 Å². The summed E-state index contributed by atoms with van der Waals surface area (Å²) >= 11 is 24.5. The van der Waals surface area contributed by atoms with E-state index in [-0.39, 0.29) is 17.8 Å². The molecule has 248 valence electrons. The molecule has 0 aliphatic carbocycles. The van der Waals surface area contributed by atoms with E-state index in [0.717, 1.165) is 54.6 Å². The standard InChI is InChI=1S/C37H39Cl4N3O3/c1-22(2)47-35-6-3-5-28-29(37(46)42-20-23-7-11-30(38)32(40)17-23)21-43(36(28)35)13-4-14-44-26-9-10-27(44)16-24(15-26)18-34(45)25-8-12-31(39)33(41)19-25/h3,5-8,11-12,17,19,21-22,24,26-27H,4,9-10,13-16,18,20H2,1-2H3,(H,42,46)/t24-,26+,27-. The lowest BCUT2D eigenvalue weighted by molar-refractivity contribution is 0.0807. The number of amides is 1. The largest absolute Gasteiger partial charge is 0.489 e. The molecule has 2 saturated heterocycles. The topological polar surface area (TPSA) is 63.6 Å². The van der Waals surface area contributed by atoms with Crippen LogP contribution in [0.15, 0.2) is 60.8 Å². The zero-order valence-electron chi connectivity index (χ0n) is 26.6. The summed E-state index contributed by atoms with van der Waals surface area (Å²) in [5, 5.41) is 5.73. The number of Topliss-reactive ketones (excluding diaryl/α,β-unsaturated/α-hetero) is 1.